The minimum absolute atomic E-state index is 0.218. The maximum absolute atomic E-state index is 5.58. The summed E-state index contributed by atoms with van der Waals surface area (Å²) in [5.74, 6) is 1.59. The fourth-order valence-corrected chi connectivity index (χ4v) is 5.16. The van der Waals surface area contributed by atoms with Gasteiger partial charge in [-0.15, -0.1) is 11.3 Å². The first-order chi connectivity index (χ1) is 14.7. The molecule has 0 saturated heterocycles. The standard InChI is InChI=1S/C23H22N4OS2/c1-28-18-9-7-17(8-10-18)22-24-23(29)27(25-22)15-26-13-11-20-19(12-14-30-20)21(26)16-5-3-2-4-6-16/h2-10,12,14,21H,11,13,15H2,1H3,(H,24,25,29). The molecule has 5 nitrogen and oxygen atoms in total. The second-order valence-corrected chi connectivity index (χ2v) is 8.69. The summed E-state index contributed by atoms with van der Waals surface area (Å²) in [6, 6.07) is 21.0. The summed E-state index contributed by atoms with van der Waals surface area (Å²) >= 11 is 7.43. The number of nitrogens with zero attached hydrogens (tertiary/aromatic N) is 3. The van der Waals surface area contributed by atoms with E-state index in [1.807, 2.05) is 40.3 Å². The molecule has 0 fully saturated rings. The Morgan fingerprint density at radius 3 is 2.70 bits per heavy atom. The lowest BCUT2D eigenvalue weighted by Crippen LogP contribution is -2.37. The number of hydrogen-bond acceptors (Lipinski definition) is 5. The zero-order chi connectivity index (χ0) is 20.5. The average molecular weight is 435 g/mol. The zero-order valence-corrected chi connectivity index (χ0v) is 18.2. The molecule has 0 amide bonds. The van der Waals surface area contributed by atoms with Gasteiger partial charge in [0.15, 0.2) is 5.82 Å². The normalized spacial score (nSPS) is 16.4. The monoisotopic (exact) mass is 434 g/mol. The molecule has 0 spiro atoms. The molecule has 4 aromatic rings. The van der Waals surface area contributed by atoms with E-state index in [1.165, 1.54) is 16.0 Å². The van der Waals surface area contributed by atoms with Crippen LogP contribution in [0.3, 0.4) is 0 Å². The van der Waals surface area contributed by atoms with Crippen molar-refractivity contribution >= 4 is 23.6 Å². The van der Waals surface area contributed by atoms with E-state index in [0.717, 1.165) is 30.1 Å². The van der Waals surface area contributed by atoms with E-state index >= 15 is 0 Å². The molecular weight excluding hydrogens is 412 g/mol. The maximum atomic E-state index is 5.58. The van der Waals surface area contributed by atoms with Crippen LogP contribution in [0.15, 0.2) is 66.0 Å². The van der Waals surface area contributed by atoms with Crippen LogP contribution in [0.1, 0.15) is 22.0 Å². The van der Waals surface area contributed by atoms with Gasteiger partial charge in [-0.05, 0) is 65.5 Å². The lowest BCUT2D eigenvalue weighted by molar-refractivity contribution is 0.156. The molecule has 0 radical (unpaired) electrons. The molecule has 2 aromatic heterocycles. The molecule has 3 heterocycles. The van der Waals surface area contributed by atoms with Crippen LogP contribution in [-0.2, 0) is 13.1 Å². The van der Waals surface area contributed by atoms with Crippen molar-refractivity contribution in [1.29, 1.82) is 0 Å². The van der Waals surface area contributed by atoms with Gasteiger partial charge in [0.1, 0.15) is 5.75 Å². The highest BCUT2D eigenvalue weighted by Crippen LogP contribution is 2.37. The quantitative estimate of drug-likeness (QED) is 0.434. The number of aromatic nitrogens is 3. The Bertz CT molecular complexity index is 1190. The van der Waals surface area contributed by atoms with E-state index in [4.69, 9.17) is 17.0 Å². The van der Waals surface area contributed by atoms with Crippen LogP contribution in [0.2, 0.25) is 0 Å². The average Bonchev–Trinajstić information content (AvgIpc) is 3.41. The van der Waals surface area contributed by atoms with Gasteiger partial charge < -0.3 is 4.74 Å². The van der Waals surface area contributed by atoms with Crippen LogP contribution in [0, 0.1) is 4.77 Å². The Morgan fingerprint density at radius 2 is 1.93 bits per heavy atom. The van der Waals surface area contributed by atoms with Gasteiger partial charge in [0.2, 0.25) is 4.77 Å². The highest BCUT2D eigenvalue weighted by atomic mass is 32.1. The van der Waals surface area contributed by atoms with E-state index in [0.29, 0.717) is 11.4 Å². The van der Waals surface area contributed by atoms with E-state index in [1.54, 1.807) is 7.11 Å². The number of fused-ring (bicyclic) bond motifs is 1. The molecule has 152 valence electrons. The summed E-state index contributed by atoms with van der Waals surface area (Å²) in [4.78, 5) is 8.54. The van der Waals surface area contributed by atoms with Gasteiger partial charge in [0.05, 0.1) is 19.8 Å². The minimum Gasteiger partial charge on any atom is -0.497 e. The molecule has 1 aliphatic rings. The van der Waals surface area contributed by atoms with Crippen molar-refractivity contribution in [1.82, 2.24) is 19.7 Å². The third-order valence-electron chi connectivity index (χ3n) is 5.55. The predicted octanol–water partition coefficient (Wildman–Crippen LogP) is 5.28. The highest BCUT2D eigenvalue weighted by molar-refractivity contribution is 7.71. The van der Waals surface area contributed by atoms with Crippen LogP contribution < -0.4 is 4.74 Å². The molecule has 1 atom stereocenters. The zero-order valence-electron chi connectivity index (χ0n) is 16.6. The summed E-state index contributed by atoms with van der Waals surface area (Å²) in [5.41, 5.74) is 3.69. The van der Waals surface area contributed by atoms with E-state index in [9.17, 15) is 0 Å². The van der Waals surface area contributed by atoms with Crippen molar-refractivity contribution in [3.63, 3.8) is 0 Å². The van der Waals surface area contributed by atoms with Gasteiger partial charge in [0.25, 0.3) is 0 Å². The molecule has 2 aromatic carbocycles. The number of benzene rings is 2. The van der Waals surface area contributed by atoms with Crippen molar-refractivity contribution in [2.24, 2.45) is 0 Å². The van der Waals surface area contributed by atoms with Gasteiger partial charge in [-0.25, -0.2) is 4.68 Å². The highest BCUT2D eigenvalue weighted by Gasteiger charge is 2.30. The number of nitrogens with one attached hydrogen (secondary N) is 1. The number of H-pyrrole nitrogens is 1. The van der Waals surface area contributed by atoms with Crippen LogP contribution in [0.4, 0.5) is 0 Å². The SMILES string of the molecule is COc1ccc(-c2nc(=S)n(CN3CCc4sccc4C3c3ccccc3)[nH]2)cc1. The lowest BCUT2D eigenvalue weighted by Gasteiger charge is -2.36. The Hall–Kier alpha value is -2.74. The Morgan fingerprint density at radius 1 is 1.13 bits per heavy atom. The largest absolute Gasteiger partial charge is 0.497 e. The summed E-state index contributed by atoms with van der Waals surface area (Å²) in [5, 5.41) is 5.60. The third-order valence-corrected chi connectivity index (χ3v) is 6.85. The Labute approximate surface area is 184 Å². The second kappa shape index (κ2) is 8.18. The minimum atomic E-state index is 0.218. The van der Waals surface area contributed by atoms with Crippen LogP contribution in [0.25, 0.3) is 11.4 Å². The smallest absolute Gasteiger partial charge is 0.217 e. The molecule has 1 aliphatic heterocycles. The number of thiophene rings is 1. The van der Waals surface area contributed by atoms with Crippen molar-refractivity contribution in [3.8, 4) is 17.1 Å². The fourth-order valence-electron chi connectivity index (χ4n) is 4.06. The first-order valence-corrected chi connectivity index (χ1v) is 11.2. The number of methoxy groups -OCH3 is 1. The van der Waals surface area contributed by atoms with Crippen molar-refractivity contribution in [2.45, 2.75) is 19.1 Å². The molecule has 1 N–H and O–H groups in total. The Kier molecular flexibility index (Phi) is 5.25. The van der Waals surface area contributed by atoms with Crippen molar-refractivity contribution in [2.75, 3.05) is 13.7 Å². The molecule has 1 unspecified atom stereocenters. The van der Waals surface area contributed by atoms with E-state index < -0.39 is 0 Å². The van der Waals surface area contributed by atoms with Crippen molar-refractivity contribution < 1.29 is 4.74 Å². The molecule has 0 bridgehead atoms. The van der Waals surface area contributed by atoms with Crippen LogP contribution in [-0.4, -0.2) is 33.3 Å². The summed E-state index contributed by atoms with van der Waals surface area (Å²) in [7, 11) is 1.66. The van der Waals surface area contributed by atoms with Gasteiger partial charge in [0, 0.05) is 17.0 Å². The van der Waals surface area contributed by atoms with Gasteiger partial charge in [-0.2, -0.15) is 4.98 Å². The molecular formula is C23H22N4OS2. The third kappa shape index (κ3) is 3.60. The molecule has 0 aliphatic carbocycles. The van der Waals surface area contributed by atoms with E-state index in [2.05, 4.69) is 56.8 Å². The van der Waals surface area contributed by atoms with Gasteiger partial charge in [-0.3, -0.25) is 10.00 Å². The van der Waals surface area contributed by atoms with Gasteiger partial charge >= 0.3 is 0 Å². The second-order valence-electron chi connectivity index (χ2n) is 7.33. The molecule has 30 heavy (non-hydrogen) atoms. The van der Waals surface area contributed by atoms with Crippen LogP contribution >= 0.6 is 23.6 Å². The fraction of sp³-hybridized carbons (Fsp3) is 0.217. The molecule has 5 rings (SSSR count). The lowest BCUT2D eigenvalue weighted by atomic mass is 9.94. The predicted molar refractivity (Wildman–Crippen MR) is 122 cm³/mol. The summed E-state index contributed by atoms with van der Waals surface area (Å²) in [6.07, 6.45) is 1.06. The first kappa shape index (κ1) is 19.2. The topological polar surface area (TPSA) is 46.1 Å². The van der Waals surface area contributed by atoms with Gasteiger partial charge in [-0.1, -0.05) is 30.3 Å². The number of hydrogen-bond donors (Lipinski definition) is 1. The molecule has 7 heteroatoms. The number of aromatic amines is 1. The maximum Gasteiger partial charge on any atom is 0.217 e. The number of rotatable bonds is 5. The first-order valence-electron chi connectivity index (χ1n) is 9.89. The number of ether oxygens (including phenoxy) is 1. The van der Waals surface area contributed by atoms with Crippen LogP contribution in [0.5, 0.6) is 5.75 Å². The Balaban J connectivity index is 1.46. The summed E-state index contributed by atoms with van der Waals surface area (Å²) in [6.45, 7) is 1.64. The summed E-state index contributed by atoms with van der Waals surface area (Å²) < 4.78 is 7.77. The van der Waals surface area contributed by atoms with E-state index in [-0.39, 0.29) is 6.04 Å². The van der Waals surface area contributed by atoms with Crippen molar-refractivity contribution in [3.05, 3.63) is 86.8 Å². The molecule has 0 saturated carbocycles.